The minimum absolute atomic E-state index is 0.0549. The smallest absolute Gasteiger partial charge is 0.333 e. The SMILES string of the molecule is CCC1(CC)C(=O)C2=C3[C@@H](CC(C(=O)OC)=C[C@@H](C(=O)OC)[C@H]31)[C@H]1C(=O)N(c3ccccc3)C(=O)[C@H]1[C@H]2C. The molecular formula is C30H33NO7. The Kier molecular flexibility index (Phi) is 6.40. The van der Waals surface area contributed by atoms with Crippen LogP contribution in [0.2, 0.25) is 0 Å². The molecule has 0 N–H and O–H groups in total. The zero-order chi connectivity index (χ0) is 27.5. The van der Waals surface area contributed by atoms with Gasteiger partial charge in [0.1, 0.15) is 0 Å². The van der Waals surface area contributed by atoms with Crippen LogP contribution in [0.3, 0.4) is 0 Å². The van der Waals surface area contributed by atoms with Gasteiger partial charge < -0.3 is 9.47 Å². The quantitative estimate of drug-likeness (QED) is 0.432. The van der Waals surface area contributed by atoms with Crippen molar-refractivity contribution in [2.45, 2.75) is 40.0 Å². The summed E-state index contributed by atoms with van der Waals surface area (Å²) in [7, 11) is 2.56. The molecule has 0 saturated carbocycles. The second-order valence-electron chi connectivity index (χ2n) is 10.8. The van der Waals surface area contributed by atoms with Crippen molar-refractivity contribution in [2.24, 2.45) is 40.9 Å². The molecule has 0 radical (unpaired) electrons. The van der Waals surface area contributed by atoms with Crippen molar-refractivity contribution in [3.05, 3.63) is 53.1 Å². The molecule has 5 rings (SSSR count). The number of allylic oxidation sites excluding steroid dienone is 2. The number of carbonyl (C=O) groups is 5. The highest BCUT2D eigenvalue weighted by molar-refractivity contribution is 6.23. The third-order valence-corrected chi connectivity index (χ3v) is 9.54. The van der Waals surface area contributed by atoms with E-state index in [-0.39, 0.29) is 29.6 Å². The molecule has 1 aromatic carbocycles. The first-order valence-corrected chi connectivity index (χ1v) is 13.3. The van der Waals surface area contributed by atoms with E-state index in [4.69, 9.17) is 9.47 Å². The fraction of sp³-hybridized carbons (Fsp3) is 0.500. The number of Topliss-reactive ketones (excluding diaryl/α,β-unsaturated/α-hetero) is 1. The lowest BCUT2D eigenvalue weighted by molar-refractivity contribution is -0.147. The first-order chi connectivity index (χ1) is 18.2. The van der Waals surface area contributed by atoms with E-state index in [0.29, 0.717) is 24.1 Å². The first-order valence-electron chi connectivity index (χ1n) is 13.3. The number of carbonyl (C=O) groups excluding carboxylic acids is 5. The molecule has 8 heteroatoms. The molecule has 1 heterocycles. The maximum atomic E-state index is 14.3. The van der Waals surface area contributed by atoms with Gasteiger partial charge in [0.25, 0.3) is 0 Å². The van der Waals surface area contributed by atoms with Gasteiger partial charge in [-0.05, 0) is 48.8 Å². The average Bonchev–Trinajstić information content (AvgIpc) is 3.26. The highest BCUT2D eigenvalue weighted by Crippen LogP contribution is 2.64. The van der Waals surface area contributed by atoms with Crippen molar-refractivity contribution in [1.82, 2.24) is 0 Å². The number of amides is 2. The zero-order valence-corrected chi connectivity index (χ0v) is 22.4. The fourth-order valence-corrected chi connectivity index (χ4v) is 7.80. The first kappa shape index (κ1) is 26.1. The third kappa shape index (κ3) is 3.31. The highest BCUT2D eigenvalue weighted by atomic mass is 16.5. The number of benzene rings is 1. The molecule has 0 unspecified atom stereocenters. The summed E-state index contributed by atoms with van der Waals surface area (Å²) >= 11 is 0. The molecule has 0 aromatic heterocycles. The van der Waals surface area contributed by atoms with Crippen molar-refractivity contribution in [3.8, 4) is 0 Å². The molecule has 3 aliphatic carbocycles. The Morgan fingerprint density at radius 1 is 0.974 bits per heavy atom. The van der Waals surface area contributed by atoms with E-state index in [2.05, 4.69) is 0 Å². The van der Waals surface area contributed by atoms with Crippen molar-refractivity contribution in [2.75, 3.05) is 19.1 Å². The second kappa shape index (κ2) is 9.33. The van der Waals surface area contributed by atoms with Gasteiger partial charge in [0, 0.05) is 16.9 Å². The van der Waals surface area contributed by atoms with Gasteiger partial charge >= 0.3 is 11.9 Å². The molecule has 1 aliphatic heterocycles. The van der Waals surface area contributed by atoms with Crippen LogP contribution in [0.1, 0.15) is 40.0 Å². The van der Waals surface area contributed by atoms with Gasteiger partial charge in [-0.25, -0.2) is 4.79 Å². The standard InChI is InChI=1S/C30H33NO7/c1-6-30(7-2)24-19(29(36)38-5)14-16(28(35)37-4)13-18-22(24)20(25(30)32)15(3)21-23(18)27(34)31(26(21)33)17-11-9-8-10-12-17/h8-12,14-15,18-19,21,23-24H,6-7,13H2,1-5H3/t15-,18+,19+,21-,23+,24+/m0/s1. The molecule has 200 valence electrons. The molecule has 1 aromatic rings. The minimum atomic E-state index is -0.901. The number of nitrogens with zero attached hydrogens (tertiary/aromatic N) is 1. The van der Waals surface area contributed by atoms with Crippen LogP contribution < -0.4 is 4.90 Å². The van der Waals surface area contributed by atoms with E-state index in [9.17, 15) is 24.0 Å². The van der Waals surface area contributed by atoms with Crippen LogP contribution in [0.15, 0.2) is 53.1 Å². The zero-order valence-electron chi connectivity index (χ0n) is 22.4. The Labute approximate surface area is 222 Å². The Morgan fingerprint density at radius 2 is 1.61 bits per heavy atom. The summed E-state index contributed by atoms with van der Waals surface area (Å²) in [6.07, 6.45) is 2.63. The van der Waals surface area contributed by atoms with Crippen LogP contribution in [-0.2, 0) is 33.4 Å². The van der Waals surface area contributed by atoms with Gasteiger partial charge in [0.15, 0.2) is 5.78 Å². The number of anilines is 1. The van der Waals surface area contributed by atoms with Crippen LogP contribution in [0.5, 0.6) is 0 Å². The summed E-state index contributed by atoms with van der Waals surface area (Å²) in [6.45, 7) is 5.70. The van der Waals surface area contributed by atoms with E-state index < -0.39 is 52.9 Å². The number of rotatable bonds is 5. The number of hydrogen-bond donors (Lipinski definition) is 0. The van der Waals surface area contributed by atoms with Crippen molar-refractivity contribution >= 4 is 35.2 Å². The van der Waals surface area contributed by atoms with E-state index in [1.807, 2.05) is 26.8 Å². The molecule has 1 fully saturated rings. The Bertz CT molecular complexity index is 1290. The number of ether oxygens (including phenoxy) is 2. The molecule has 2 amide bonds. The van der Waals surface area contributed by atoms with Crippen LogP contribution >= 0.6 is 0 Å². The molecule has 6 atom stereocenters. The number of hydrogen-bond acceptors (Lipinski definition) is 7. The van der Waals surface area contributed by atoms with E-state index in [1.54, 1.807) is 30.3 Å². The molecular weight excluding hydrogens is 486 g/mol. The maximum absolute atomic E-state index is 14.3. The summed E-state index contributed by atoms with van der Waals surface area (Å²) in [6, 6.07) is 8.77. The van der Waals surface area contributed by atoms with Crippen molar-refractivity contribution < 1.29 is 33.4 Å². The Hall–Kier alpha value is -3.55. The average molecular weight is 520 g/mol. The number of para-hydroxylation sites is 1. The predicted octanol–water partition coefficient (Wildman–Crippen LogP) is 3.65. The lowest BCUT2D eigenvalue weighted by Crippen LogP contribution is -2.41. The maximum Gasteiger partial charge on any atom is 0.333 e. The van der Waals surface area contributed by atoms with Gasteiger partial charge in [-0.15, -0.1) is 0 Å². The van der Waals surface area contributed by atoms with Crippen molar-refractivity contribution in [1.29, 1.82) is 0 Å². The summed E-state index contributed by atoms with van der Waals surface area (Å²) in [5, 5.41) is 0. The molecule has 38 heavy (non-hydrogen) atoms. The minimum Gasteiger partial charge on any atom is -0.469 e. The Balaban J connectivity index is 1.76. The van der Waals surface area contributed by atoms with E-state index >= 15 is 0 Å². The topological polar surface area (TPSA) is 107 Å². The summed E-state index contributed by atoms with van der Waals surface area (Å²) in [5.74, 6) is -5.94. The number of fused-ring (bicyclic) bond motifs is 2. The number of imide groups is 1. The molecule has 0 bridgehead atoms. The number of esters is 2. The van der Waals surface area contributed by atoms with E-state index in [0.717, 1.165) is 5.57 Å². The molecule has 8 nitrogen and oxygen atoms in total. The monoisotopic (exact) mass is 519 g/mol. The van der Waals surface area contributed by atoms with Gasteiger partial charge in [-0.3, -0.25) is 24.1 Å². The molecule has 0 spiro atoms. The van der Waals surface area contributed by atoms with Gasteiger partial charge in [0.05, 0.1) is 37.7 Å². The van der Waals surface area contributed by atoms with Gasteiger partial charge in [0.2, 0.25) is 11.8 Å². The highest BCUT2D eigenvalue weighted by Gasteiger charge is 2.67. The second-order valence-corrected chi connectivity index (χ2v) is 10.8. The number of ketones is 1. The molecule has 1 saturated heterocycles. The Morgan fingerprint density at radius 3 is 2.18 bits per heavy atom. The van der Waals surface area contributed by atoms with Gasteiger partial charge in [-0.2, -0.15) is 0 Å². The largest absolute Gasteiger partial charge is 0.469 e. The fourth-order valence-electron chi connectivity index (χ4n) is 7.80. The lowest BCUT2D eigenvalue weighted by atomic mass is 9.61. The number of methoxy groups -OCH3 is 2. The third-order valence-electron chi connectivity index (χ3n) is 9.54. The van der Waals surface area contributed by atoms with Crippen LogP contribution in [-0.4, -0.2) is 43.8 Å². The van der Waals surface area contributed by atoms with Crippen LogP contribution in [0, 0.1) is 40.9 Å². The predicted molar refractivity (Wildman–Crippen MR) is 137 cm³/mol. The lowest BCUT2D eigenvalue weighted by Gasteiger charge is -2.39. The van der Waals surface area contributed by atoms with Gasteiger partial charge in [-0.1, -0.05) is 50.6 Å². The van der Waals surface area contributed by atoms with Crippen LogP contribution in [0.4, 0.5) is 5.69 Å². The van der Waals surface area contributed by atoms with Crippen molar-refractivity contribution in [3.63, 3.8) is 0 Å². The molecule has 4 aliphatic rings. The van der Waals surface area contributed by atoms with Crippen LogP contribution in [0.25, 0.3) is 0 Å². The van der Waals surface area contributed by atoms with E-state index in [1.165, 1.54) is 19.1 Å². The summed E-state index contributed by atoms with van der Waals surface area (Å²) < 4.78 is 10.2. The summed E-state index contributed by atoms with van der Waals surface area (Å²) in [4.78, 5) is 69.7. The summed E-state index contributed by atoms with van der Waals surface area (Å²) in [5.41, 5.74) is 1.13. The normalized spacial score (nSPS) is 31.4.